The number of phosphoric acid groups is 3. The summed E-state index contributed by atoms with van der Waals surface area (Å²) in [5.74, 6) is -0.546. The molecule has 2 fully saturated rings. The van der Waals surface area contributed by atoms with E-state index < -0.39 is 90.7 Å². The van der Waals surface area contributed by atoms with Gasteiger partial charge in [0.15, 0.2) is 22.8 Å². The van der Waals surface area contributed by atoms with Crippen molar-refractivity contribution < 1.29 is 90.4 Å². The number of fused-ring (bicyclic) bond motifs is 1. The second-order valence-corrected chi connectivity index (χ2v) is 22.4. The Bertz CT molecular complexity index is 2230. The summed E-state index contributed by atoms with van der Waals surface area (Å²) in [5, 5.41) is 36.4. The van der Waals surface area contributed by atoms with Crippen molar-refractivity contribution in [3.63, 3.8) is 0 Å². The Labute approximate surface area is 402 Å². The van der Waals surface area contributed by atoms with Crippen LogP contribution < -0.4 is 35.9 Å². The number of phosphoric ester groups is 3. The van der Waals surface area contributed by atoms with Crippen molar-refractivity contribution in [2.24, 2.45) is 17.3 Å². The summed E-state index contributed by atoms with van der Waals surface area (Å²) >= 11 is 0.958. The Kier molecular flexibility index (Phi) is 22.5. The molecule has 1 saturated carbocycles. The number of hydrogen-bond donors (Lipinski definition) is 6. The van der Waals surface area contributed by atoms with Crippen molar-refractivity contribution in [1.29, 1.82) is 0 Å². The van der Waals surface area contributed by atoms with Gasteiger partial charge >= 0.3 is 0 Å². The molecule has 69 heavy (non-hydrogen) atoms. The molecule has 0 spiro atoms. The van der Waals surface area contributed by atoms with Crippen molar-refractivity contribution in [1.82, 2.24) is 30.2 Å². The van der Waals surface area contributed by atoms with E-state index in [4.69, 9.17) is 10.5 Å². The number of carbonyl (C=O) groups is 4. The number of imidazole rings is 1. The largest absolute Gasteiger partial charge is 0.790 e. The zero-order valence-electron chi connectivity index (χ0n) is 38.2. The molecule has 2 unspecified atom stereocenters. The molecule has 26 nitrogen and oxygen atoms in total. The molecule has 0 aromatic carbocycles. The van der Waals surface area contributed by atoms with Crippen LogP contribution in [0.15, 0.2) is 24.8 Å². The lowest BCUT2D eigenvalue weighted by atomic mass is 9.87. The number of anilines is 1. The van der Waals surface area contributed by atoms with Crippen LogP contribution in [0.1, 0.15) is 97.6 Å². The molecule has 2 amide bonds. The predicted octanol–water partition coefficient (Wildman–Crippen LogP) is -0.210. The molecule has 2 aromatic heterocycles. The molecule has 0 radical (unpaired) electrons. The van der Waals surface area contributed by atoms with Crippen LogP contribution in [0.3, 0.4) is 0 Å². The third-order valence-corrected chi connectivity index (χ3v) is 15.2. The predicted molar refractivity (Wildman–Crippen MR) is 237 cm³/mol. The number of carbonyl (C=O) groups excluding carboxylic acids is 4. The van der Waals surface area contributed by atoms with Gasteiger partial charge < -0.3 is 74.1 Å². The maximum absolute atomic E-state index is 12.7. The highest BCUT2D eigenvalue weighted by atomic mass is 32.2. The number of Topliss-reactive ketones (excluding diaryl/α,β-unsaturated/α-hetero) is 1. The minimum Gasteiger partial charge on any atom is -0.790 e. The Balaban J connectivity index is 1.10. The first kappa shape index (κ1) is 58.5. The molecule has 30 heteroatoms. The molecule has 3 heterocycles. The maximum atomic E-state index is 12.7. The van der Waals surface area contributed by atoms with Gasteiger partial charge in [0.1, 0.15) is 42.0 Å². The van der Waals surface area contributed by atoms with Gasteiger partial charge in [0.25, 0.3) is 15.6 Å². The lowest BCUT2D eigenvalue weighted by Crippen LogP contribution is -2.46. The van der Waals surface area contributed by atoms with Crippen LogP contribution in [0.4, 0.5) is 5.82 Å². The molecule has 2 aromatic rings. The number of nitrogens with zero attached hydrogens (tertiary/aromatic N) is 4. The zero-order valence-corrected chi connectivity index (χ0v) is 41.7. The molecule has 390 valence electrons. The van der Waals surface area contributed by atoms with Crippen molar-refractivity contribution in [3.05, 3.63) is 24.8 Å². The number of amides is 2. The second-order valence-electron chi connectivity index (χ2n) is 17.2. The van der Waals surface area contributed by atoms with Gasteiger partial charge in [-0.1, -0.05) is 63.9 Å². The highest BCUT2D eigenvalue weighted by Gasteiger charge is 2.47. The number of ether oxygens (including phenoxy) is 1. The number of ketones is 1. The maximum Gasteiger partial charge on any atom is 0.274 e. The van der Waals surface area contributed by atoms with Gasteiger partial charge in [0, 0.05) is 49.4 Å². The van der Waals surface area contributed by atoms with E-state index in [1.165, 1.54) is 13.8 Å². The molecule has 10 atom stereocenters. The fourth-order valence-electron chi connectivity index (χ4n) is 7.64. The molecule has 1 aliphatic heterocycles. The Morgan fingerprint density at radius 2 is 1.77 bits per heavy atom. The lowest BCUT2D eigenvalue weighted by molar-refractivity contribution is -0.347. The number of aromatic nitrogens is 4. The third kappa shape index (κ3) is 18.8. The SMILES string of the molecule is CC/C=C\C[C@@H]1C(=O)CC[C@@H]1CCCCC[C@H](O)CC(=O)SCCNC(=O)CCNC(=O)[C@H](O)C(C)(C)COP(=O)([O-])OP(=O)([O-])OC[C@H]1O[C@@H](n2cnc3c(N)ncnc32)[C@H](O)[C@@H]1OP(=O)([O-])[O-]. The summed E-state index contributed by atoms with van der Waals surface area (Å²) < 4.78 is 60.8. The van der Waals surface area contributed by atoms with E-state index >= 15 is 0 Å². The smallest absolute Gasteiger partial charge is 0.274 e. The van der Waals surface area contributed by atoms with Gasteiger partial charge in [-0.05, 0) is 38.0 Å². The molecule has 7 N–H and O–H groups in total. The average Bonchev–Trinajstić information content (AvgIpc) is 3.94. The monoisotopic (exact) mass is 1060 g/mol. The molecule has 1 aliphatic carbocycles. The van der Waals surface area contributed by atoms with E-state index in [9.17, 15) is 67.8 Å². The minimum absolute atomic E-state index is 0.0284. The first-order valence-corrected chi connectivity index (χ1v) is 27.5. The first-order valence-electron chi connectivity index (χ1n) is 22.2. The van der Waals surface area contributed by atoms with Crippen LogP contribution >= 0.6 is 35.2 Å². The molecule has 1 saturated heterocycles. The van der Waals surface area contributed by atoms with Crippen LogP contribution in [-0.2, 0) is 55.5 Å². The van der Waals surface area contributed by atoms with Gasteiger partial charge in [-0.15, -0.1) is 0 Å². The number of hydrogen-bond acceptors (Lipinski definition) is 24. The van der Waals surface area contributed by atoms with E-state index in [0.29, 0.717) is 24.5 Å². The van der Waals surface area contributed by atoms with Crippen molar-refractivity contribution >= 4 is 74.9 Å². The molecule has 2 aliphatic rings. The number of rotatable bonds is 30. The lowest BCUT2D eigenvalue weighted by Gasteiger charge is -2.36. The van der Waals surface area contributed by atoms with Gasteiger partial charge in [-0.3, -0.25) is 32.9 Å². The number of nitrogens with two attached hydrogens (primary N) is 1. The molecule has 0 bridgehead atoms. The molecular weight excluding hydrogens is 995 g/mol. The van der Waals surface area contributed by atoms with E-state index in [1.807, 2.05) is 0 Å². The van der Waals surface area contributed by atoms with Crippen LogP contribution in [0.2, 0.25) is 0 Å². The van der Waals surface area contributed by atoms with E-state index in [-0.39, 0.29) is 59.7 Å². The van der Waals surface area contributed by atoms with E-state index in [2.05, 4.69) is 62.5 Å². The highest BCUT2D eigenvalue weighted by Crippen LogP contribution is 2.56. The fraction of sp³-hybridized carbons (Fsp3) is 0.718. The van der Waals surface area contributed by atoms with Crippen molar-refractivity contribution in [3.8, 4) is 0 Å². The number of allylic oxidation sites excluding steroid dienone is 2. The number of nitrogens with one attached hydrogen (secondary N) is 2. The van der Waals surface area contributed by atoms with Crippen LogP contribution in [0.25, 0.3) is 11.2 Å². The first-order chi connectivity index (χ1) is 32.3. The topological polar surface area (TPSA) is 412 Å². The summed E-state index contributed by atoms with van der Waals surface area (Å²) in [6, 6.07) is 0. The van der Waals surface area contributed by atoms with Gasteiger partial charge in [-0.2, -0.15) is 0 Å². The molecule has 4 rings (SSSR count). The Morgan fingerprint density at radius 3 is 2.48 bits per heavy atom. The highest BCUT2D eigenvalue weighted by molar-refractivity contribution is 8.13. The number of nitrogen functional groups attached to an aromatic ring is 1. The quantitative estimate of drug-likeness (QED) is 0.0335. The second kappa shape index (κ2) is 26.6. The van der Waals surface area contributed by atoms with Crippen molar-refractivity contribution in [2.45, 2.75) is 128 Å². The summed E-state index contributed by atoms with van der Waals surface area (Å²) in [6.07, 6.45) is 3.02. The molecular formula is C39H60N7O19P3S-4. The van der Waals surface area contributed by atoms with Crippen LogP contribution in [0, 0.1) is 17.3 Å². The summed E-state index contributed by atoms with van der Waals surface area (Å²) in [5.41, 5.74) is 4.04. The standard InChI is InChI=1S/C39H64N7O19P3S/c1-4-5-7-12-26-24(13-14-27(26)48)10-8-6-9-11-25(47)19-30(50)69-18-17-41-29(49)15-16-42-37(53)34(52)39(2,3)21-62-68(59,60)65-67(57,58)61-20-28-33(64-66(54,55)56)32(51)38(63-28)46-23-45-31-35(40)43-22-44-36(31)46/h5,7,22-26,28,32-34,38,47,51-52H,4,6,8-21H2,1-3H3,(H,41,49)(H,42,53)(H,57,58)(H,59,60)(H2,40,43,44)(H2,54,55,56)/p-4/b7-5-/t24-,25-,26-,28+,32+,33+,34-,38+/m0/s1. The van der Waals surface area contributed by atoms with Gasteiger partial charge in [0.2, 0.25) is 11.8 Å². The third-order valence-electron chi connectivity index (χ3n) is 11.3. The van der Waals surface area contributed by atoms with Gasteiger partial charge in [-0.25, -0.2) is 19.3 Å². The average molecular weight is 1060 g/mol. The summed E-state index contributed by atoms with van der Waals surface area (Å²) in [7, 11) is -17.7. The number of aliphatic hydroxyl groups is 3. The van der Waals surface area contributed by atoms with Gasteiger partial charge in [0.05, 0.1) is 33.5 Å². The van der Waals surface area contributed by atoms with E-state index in [0.717, 1.165) is 73.9 Å². The normalized spacial score (nSPS) is 23.8. The number of thioether (sulfide) groups is 1. The van der Waals surface area contributed by atoms with E-state index in [1.54, 1.807) is 0 Å². The number of unbranched alkanes of at least 4 members (excludes halogenated alkanes) is 2. The Hall–Kier alpha value is -3.07. The number of aliphatic hydroxyl groups excluding tert-OH is 3. The Morgan fingerprint density at radius 1 is 1.04 bits per heavy atom. The minimum atomic E-state index is -5.94. The zero-order chi connectivity index (χ0) is 51.2. The van der Waals surface area contributed by atoms with Crippen molar-refractivity contribution in [2.75, 3.05) is 37.8 Å². The van der Waals surface area contributed by atoms with Crippen LogP contribution in [-0.4, -0.2) is 120 Å². The fourth-order valence-corrected chi connectivity index (χ4v) is 11.1. The van der Waals surface area contributed by atoms with Crippen LogP contribution in [0.5, 0.6) is 0 Å². The summed E-state index contributed by atoms with van der Waals surface area (Å²) in [6.45, 7) is 1.99. The summed E-state index contributed by atoms with van der Waals surface area (Å²) in [4.78, 5) is 109.